The van der Waals surface area contributed by atoms with Gasteiger partial charge in [-0.15, -0.1) is 0 Å². The molecule has 3 nitrogen and oxygen atoms in total. The zero-order chi connectivity index (χ0) is 14.1. The fraction of sp³-hybridized carbons (Fsp3) is 0.438. The molecule has 2 unspecified atom stereocenters. The van der Waals surface area contributed by atoms with Crippen LogP contribution in [-0.4, -0.2) is 24.1 Å². The van der Waals surface area contributed by atoms with E-state index in [2.05, 4.69) is 23.0 Å². The number of nitrogens with two attached hydrogens (primary N) is 1. The van der Waals surface area contributed by atoms with Crippen molar-refractivity contribution in [3.05, 3.63) is 35.5 Å². The Morgan fingerprint density at radius 3 is 2.85 bits per heavy atom. The molecule has 0 spiro atoms. The highest BCUT2D eigenvalue weighted by Crippen LogP contribution is 2.31. The van der Waals surface area contributed by atoms with Crippen LogP contribution >= 0.6 is 11.6 Å². The van der Waals surface area contributed by atoms with Gasteiger partial charge in [-0.3, -0.25) is 4.98 Å². The molecule has 4 heteroatoms. The van der Waals surface area contributed by atoms with Gasteiger partial charge in [-0.25, -0.2) is 0 Å². The topological polar surface area (TPSA) is 42.2 Å². The second-order valence-corrected chi connectivity index (χ2v) is 6.05. The van der Waals surface area contributed by atoms with Crippen LogP contribution in [0.5, 0.6) is 0 Å². The number of pyridine rings is 1. The van der Waals surface area contributed by atoms with Crippen LogP contribution in [0.2, 0.25) is 5.02 Å². The van der Waals surface area contributed by atoms with Crippen molar-refractivity contribution in [3.63, 3.8) is 0 Å². The summed E-state index contributed by atoms with van der Waals surface area (Å²) in [5.74, 6) is 0. The first-order valence-electron chi connectivity index (χ1n) is 7.19. The quantitative estimate of drug-likeness (QED) is 0.918. The predicted molar refractivity (Wildman–Crippen MR) is 85.4 cm³/mol. The van der Waals surface area contributed by atoms with Crippen LogP contribution in [0.25, 0.3) is 10.9 Å². The molecule has 106 valence electrons. The van der Waals surface area contributed by atoms with Gasteiger partial charge in [-0.1, -0.05) is 24.4 Å². The number of halogens is 1. The van der Waals surface area contributed by atoms with Gasteiger partial charge in [-0.05, 0) is 37.1 Å². The van der Waals surface area contributed by atoms with Crippen molar-refractivity contribution in [1.82, 2.24) is 4.98 Å². The van der Waals surface area contributed by atoms with E-state index in [0.29, 0.717) is 6.04 Å². The first-order chi connectivity index (χ1) is 9.66. The molecule has 2 atom stereocenters. The van der Waals surface area contributed by atoms with Crippen LogP contribution in [0.1, 0.15) is 25.7 Å². The van der Waals surface area contributed by atoms with Gasteiger partial charge < -0.3 is 10.6 Å². The smallest absolute Gasteiger partial charge is 0.0737 e. The molecule has 1 aromatic carbocycles. The second-order valence-electron chi connectivity index (χ2n) is 5.62. The predicted octanol–water partition coefficient (Wildman–Crippen LogP) is 3.59. The number of nitrogens with zero attached hydrogens (tertiary/aromatic N) is 2. The first-order valence-corrected chi connectivity index (χ1v) is 7.57. The van der Waals surface area contributed by atoms with E-state index in [4.69, 9.17) is 17.3 Å². The number of likely N-dealkylation sites (N-methyl/N-ethyl adjacent to an activating group) is 1. The summed E-state index contributed by atoms with van der Waals surface area (Å²) in [6.07, 6.45) is 6.63. The van der Waals surface area contributed by atoms with Crippen LogP contribution in [0.4, 0.5) is 5.69 Å². The normalized spacial score (nSPS) is 22.9. The molecular weight excluding hydrogens is 270 g/mol. The molecule has 2 N–H and O–H groups in total. The number of hydrogen-bond donors (Lipinski definition) is 1. The van der Waals surface area contributed by atoms with E-state index in [1.807, 2.05) is 24.4 Å². The molecule has 0 saturated heterocycles. The zero-order valence-electron chi connectivity index (χ0n) is 11.7. The van der Waals surface area contributed by atoms with Crippen molar-refractivity contribution in [1.29, 1.82) is 0 Å². The number of anilines is 1. The van der Waals surface area contributed by atoms with E-state index in [0.717, 1.165) is 28.8 Å². The van der Waals surface area contributed by atoms with E-state index in [1.165, 1.54) is 18.5 Å². The van der Waals surface area contributed by atoms with Crippen LogP contribution in [0, 0.1) is 0 Å². The van der Waals surface area contributed by atoms with Crippen LogP contribution in [-0.2, 0) is 0 Å². The highest BCUT2D eigenvalue weighted by molar-refractivity contribution is 6.31. The largest absolute Gasteiger partial charge is 0.369 e. The summed E-state index contributed by atoms with van der Waals surface area (Å²) in [6, 6.07) is 8.61. The zero-order valence-corrected chi connectivity index (χ0v) is 12.5. The monoisotopic (exact) mass is 289 g/mol. The fourth-order valence-electron chi connectivity index (χ4n) is 3.21. The maximum absolute atomic E-state index is 6.31. The average Bonchev–Trinajstić information content (AvgIpc) is 2.46. The Morgan fingerprint density at radius 2 is 2.05 bits per heavy atom. The fourth-order valence-corrected chi connectivity index (χ4v) is 3.38. The summed E-state index contributed by atoms with van der Waals surface area (Å²) in [5, 5.41) is 1.86. The van der Waals surface area contributed by atoms with Crippen molar-refractivity contribution in [3.8, 4) is 0 Å². The molecule has 2 aromatic rings. The molecule has 1 aromatic heterocycles. The highest BCUT2D eigenvalue weighted by Gasteiger charge is 2.26. The van der Waals surface area contributed by atoms with Crippen molar-refractivity contribution in [2.24, 2.45) is 5.73 Å². The summed E-state index contributed by atoms with van der Waals surface area (Å²) < 4.78 is 0. The highest BCUT2D eigenvalue weighted by atomic mass is 35.5. The molecule has 0 amide bonds. The third-order valence-electron chi connectivity index (χ3n) is 4.34. The number of benzene rings is 1. The van der Waals surface area contributed by atoms with E-state index in [-0.39, 0.29) is 6.04 Å². The van der Waals surface area contributed by atoms with Gasteiger partial charge in [0.1, 0.15) is 0 Å². The van der Waals surface area contributed by atoms with E-state index in [9.17, 15) is 0 Å². The Bertz CT molecular complexity index is 614. The third-order valence-corrected chi connectivity index (χ3v) is 4.58. The van der Waals surface area contributed by atoms with Gasteiger partial charge in [0, 0.05) is 41.4 Å². The minimum Gasteiger partial charge on any atom is -0.369 e. The number of rotatable bonds is 2. The van der Waals surface area contributed by atoms with E-state index in [1.54, 1.807) is 0 Å². The lowest BCUT2D eigenvalue weighted by atomic mass is 9.89. The molecule has 1 heterocycles. The Labute approximate surface area is 124 Å². The number of hydrogen-bond acceptors (Lipinski definition) is 3. The standard InChI is InChI=1S/C16H20ClN3/c1-20(16-5-3-2-4-13(16)18)15-8-9-19-14-10-11(17)6-7-12(14)15/h6-10,13,16H,2-5,18H2,1H3. The Morgan fingerprint density at radius 1 is 1.25 bits per heavy atom. The number of fused-ring (bicyclic) bond motifs is 1. The summed E-state index contributed by atoms with van der Waals surface area (Å²) >= 11 is 6.05. The summed E-state index contributed by atoms with van der Waals surface area (Å²) in [7, 11) is 2.14. The lowest BCUT2D eigenvalue weighted by Gasteiger charge is -2.37. The van der Waals surface area contributed by atoms with Gasteiger partial charge in [0.2, 0.25) is 0 Å². The molecule has 1 aliphatic rings. The molecule has 3 rings (SSSR count). The Balaban J connectivity index is 2.00. The summed E-state index contributed by atoms with van der Waals surface area (Å²) in [4.78, 5) is 6.73. The van der Waals surface area contributed by atoms with Crippen LogP contribution in [0.3, 0.4) is 0 Å². The average molecular weight is 290 g/mol. The minimum atomic E-state index is 0.254. The molecular formula is C16H20ClN3. The maximum atomic E-state index is 6.31. The molecule has 1 fully saturated rings. The number of aromatic nitrogens is 1. The summed E-state index contributed by atoms with van der Waals surface area (Å²) in [5.41, 5.74) is 8.43. The third kappa shape index (κ3) is 2.48. The van der Waals surface area contributed by atoms with Gasteiger partial charge in [0.25, 0.3) is 0 Å². The van der Waals surface area contributed by atoms with Gasteiger partial charge in [-0.2, -0.15) is 0 Å². The van der Waals surface area contributed by atoms with Crippen molar-refractivity contribution < 1.29 is 0 Å². The lowest BCUT2D eigenvalue weighted by Crippen LogP contribution is -2.48. The van der Waals surface area contributed by atoms with Crippen LogP contribution < -0.4 is 10.6 Å². The molecule has 0 bridgehead atoms. The van der Waals surface area contributed by atoms with E-state index >= 15 is 0 Å². The molecule has 20 heavy (non-hydrogen) atoms. The molecule has 1 aliphatic carbocycles. The minimum absolute atomic E-state index is 0.254. The Kier molecular flexibility index (Phi) is 3.81. The van der Waals surface area contributed by atoms with E-state index < -0.39 is 0 Å². The molecule has 1 saturated carbocycles. The van der Waals surface area contributed by atoms with Crippen molar-refractivity contribution >= 4 is 28.2 Å². The van der Waals surface area contributed by atoms with Gasteiger partial charge >= 0.3 is 0 Å². The molecule has 0 aliphatic heterocycles. The van der Waals surface area contributed by atoms with Crippen LogP contribution in [0.15, 0.2) is 30.5 Å². The summed E-state index contributed by atoms with van der Waals surface area (Å²) in [6.45, 7) is 0. The van der Waals surface area contributed by atoms with Gasteiger partial charge in [0.05, 0.1) is 5.52 Å². The maximum Gasteiger partial charge on any atom is 0.0737 e. The lowest BCUT2D eigenvalue weighted by molar-refractivity contribution is 0.374. The molecule has 0 radical (unpaired) electrons. The van der Waals surface area contributed by atoms with Crippen molar-refractivity contribution in [2.45, 2.75) is 37.8 Å². The van der Waals surface area contributed by atoms with Gasteiger partial charge in [0.15, 0.2) is 0 Å². The second kappa shape index (κ2) is 5.58. The first kappa shape index (κ1) is 13.7. The SMILES string of the molecule is CN(c1ccnc2cc(Cl)ccc12)C1CCCCC1N. The Hall–Kier alpha value is -1.32. The van der Waals surface area contributed by atoms with Crippen molar-refractivity contribution in [2.75, 3.05) is 11.9 Å².